The fraction of sp³-hybridized carbons (Fsp3) is 0.333. The predicted molar refractivity (Wildman–Crippen MR) is 45.4 cm³/mol. The summed E-state index contributed by atoms with van der Waals surface area (Å²) >= 11 is 5.98. The van der Waals surface area contributed by atoms with Crippen molar-refractivity contribution in [1.82, 2.24) is 0 Å². The van der Waals surface area contributed by atoms with Crippen LogP contribution in [0.25, 0.3) is 0 Å². The molecule has 1 nitrogen and oxygen atoms in total. The smallest absolute Gasteiger partial charge is 0.124 e. The Balaban J connectivity index is 2.58. The minimum atomic E-state index is 0.443. The molecule has 0 saturated carbocycles. The Labute approximate surface area is 70.9 Å². The summed E-state index contributed by atoms with van der Waals surface area (Å²) in [5, 5.41) is 0.826. The molecule has 0 aromatic heterocycles. The maximum Gasteiger partial charge on any atom is 0.124 e. The molecule has 0 saturated heterocycles. The molecule has 0 bridgehead atoms. The van der Waals surface area contributed by atoms with Crippen LogP contribution in [0.1, 0.15) is 18.4 Å². The normalized spacial score (nSPS) is 21.1. The lowest BCUT2D eigenvalue weighted by Gasteiger charge is -2.01. The van der Waals surface area contributed by atoms with E-state index in [0.717, 1.165) is 22.9 Å². The van der Waals surface area contributed by atoms with Crippen LogP contribution in [0.4, 0.5) is 0 Å². The molecule has 1 unspecified atom stereocenters. The summed E-state index contributed by atoms with van der Waals surface area (Å²) in [6.07, 6.45) is 0. The van der Waals surface area contributed by atoms with Gasteiger partial charge in [-0.3, -0.25) is 0 Å². The van der Waals surface area contributed by atoms with Crippen LogP contribution >= 0.6 is 11.6 Å². The van der Waals surface area contributed by atoms with E-state index in [4.69, 9.17) is 16.3 Å². The Morgan fingerprint density at radius 2 is 2.36 bits per heavy atom. The number of fused-ring (bicyclic) bond motifs is 1. The molecule has 0 radical (unpaired) electrons. The van der Waals surface area contributed by atoms with Gasteiger partial charge in [0.1, 0.15) is 5.75 Å². The second-order valence-electron chi connectivity index (χ2n) is 2.86. The van der Waals surface area contributed by atoms with Gasteiger partial charge < -0.3 is 4.74 Å². The summed E-state index contributed by atoms with van der Waals surface area (Å²) in [7, 11) is 0. The molecular weight excluding hydrogens is 160 g/mol. The van der Waals surface area contributed by atoms with Gasteiger partial charge in [0.05, 0.1) is 6.61 Å². The summed E-state index contributed by atoms with van der Waals surface area (Å²) in [5.74, 6) is 1.39. The molecule has 1 aromatic carbocycles. The van der Waals surface area contributed by atoms with Gasteiger partial charge in [-0.05, 0) is 12.1 Å². The zero-order valence-corrected chi connectivity index (χ0v) is 7.06. The molecule has 1 aliphatic rings. The van der Waals surface area contributed by atoms with Crippen LogP contribution in [0.3, 0.4) is 0 Å². The Kier molecular flexibility index (Phi) is 1.53. The maximum absolute atomic E-state index is 5.98. The number of halogens is 1. The van der Waals surface area contributed by atoms with Gasteiger partial charge in [0.2, 0.25) is 0 Å². The van der Waals surface area contributed by atoms with Gasteiger partial charge in [-0.15, -0.1) is 0 Å². The first kappa shape index (κ1) is 6.99. The average Bonchev–Trinajstić information content (AvgIpc) is 2.34. The van der Waals surface area contributed by atoms with Crippen LogP contribution in [0, 0.1) is 0 Å². The quantitative estimate of drug-likeness (QED) is 0.579. The fourth-order valence-electron chi connectivity index (χ4n) is 1.42. The van der Waals surface area contributed by atoms with Crippen LogP contribution in [-0.2, 0) is 0 Å². The summed E-state index contributed by atoms with van der Waals surface area (Å²) in [4.78, 5) is 0. The van der Waals surface area contributed by atoms with Crippen LogP contribution in [0.5, 0.6) is 5.75 Å². The topological polar surface area (TPSA) is 9.23 Å². The lowest BCUT2D eigenvalue weighted by atomic mass is 10.0. The molecule has 2 rings (SSSR count). The first-order valence-corrected chi connectivity index (χ1v) is 4.08. The Hall–Kier alpha value is -0.690. The van der Waals surface area contributed by atoms with Crippen molar-refractivity contribution in [1.29, 1.82) is 0 Å². The van der Waals surface area contributed by atoms with Gasteiger partial charge >= 0.3 is 0 Å². The minimum Gasteiger partial charge on any atom is -0.493 e. The molecule has 0 spiro atoms. The summed E-state index contributed by atoms with van der Waals surface area (Å²) in [6.45, 7) is 2.89. The standard InChI is InChI=1S/C9H9ClO/c1-6-5-11-8-4-2-3-7(10)9(6)8/h2-4,6H,5H2,1H3. The lowest BCUT2D eigenvalue weighted by Crippen LogP contribution is -1.93. The van der Waals surface area contributed by atoms with E-state index >= 15 is 0 Å². The molecule has 0 aliphatic carbocycles. The highest BCUT2D eigenvalue weighted by molar-refractivity contribution is 6.31. The van der Waals surface area contributed by atoms with Gasteiger partial charge in [-0.25, -0.2) is 0 Å². The number of hydrogen-bond donors (Lipinski definition) is 0. The van der Waals surface area contributed by atoms with E-state index in [9.17, 15) is 0 Å². The van der Waals surface area contributed by atoms with Crippen LogP contribution in [0.15, 0.2) is 18.2 Å². The molecule has 1 aliphatic heterocycles. The zero-order chi connectivity index (χ0) is 7.84. The molecular formula is C9H9ClO. The van der Waals surface area contributed by atoms with Crippen molar-refractivity contribution < 1.29 is 4.74 Å². The average molecular weight is 169 g/mol. The fourth-order valence-corrected chi connectivity index (χ4v) is 1.77. The Bertz CT molecular complexity index is 283. The van der Waals surface area contributed by atoms with E-state index < -0.39 is 0 Å². The summed E-state index contributed by atoms with van der Waals surface area (Å²) in [6, 6.07) is 5.79. The van der Waals surface area contributed by atoms with Crippen molar-refractivity contribution in [2.24, 2.45) is 0 Å². The van der Waals surface area contributed by atoms with Crippen LogP contribution in [-0.4, -0.2) is 6.61 Å². The number of hydrogen-bond acceptors (Lipinski definition) is 1. The highest BCUT2D eigenvalue weighted by atomic mass is 35.5. The highest BCUT2D eigenvalue weighted by Crippen LogP contribution is 2.38. The third-order valence-corrected chi connectivity index (χ3v) is 2.32. The van der Waals surface area contributed by atoms with E-state index in [0.29, 0.717) is 5.92 Å². The van der Waals surface area contributed by atoms with Crippen LogP contribution in [0.2, 0.25) is 5.02 Å². The molecule has 0 fully saturated rings. The van der Waals surface area contributed by atoms with Gasteiger partial charge in [0.25, 0.3) is 0 Å². The molecule has 1 heterocycles. The van der Waals surface area contributed by atoms with Crippen LogP contribution < -0.4 is 4.74 Å². The van der Waals surface area contributed by atoms with Crippen molar-refractivity contribution in [3.8, 4) is 5.75 Å². The third kappa shape index (κ3) is 1.000. The predicted octanol–water partition coefficient (Wildman–Crippen LogP) is 2.84. The first-order chi connectivity index (χ1) is 5.29. The monoisotopic (exact) mass is 168 g/mol. The van der Waals surface area contributed by atoms with Gasteiger partial charge in [-0.2, -0.15) is 0 Å². The SMILES string of the molecule is CC1COc2cccc(Cl)c21. The molecule has 2 heteroatoms. The van der Waals surface area contributed by atoms with E-state index in [1.165, 1.54) is 0 Å². The van der Waals surface area contributed by atoms with E-state index in [-0.39, 0.29) is 0 Å². The van der Waals surface area contributed by atoms with E-state index in [1.807, 2.05) is 18.2 Å². The van der Waals surface area contributed by atoms with Crippen molar-refractivity contribution in [2.45, 2.75) is 12.8 Å². The highest BCUT2D eigenvalue weighted by Gasteiger charge is 2.21. The molecule has 11 heavy (non-hydrogen) atoms. The Morgan fingerprint density at radius 3 is 3.09 bits per heavy atom. The first-order valence-electron chi connectivity index (χ1n) is 3.70. The summed E-state index contributed by atoms with van der Waals surface area (Å²) < 4.78 is 5.41. The van der Waals surface area contributed by atoms with Crippen molar-refractivity contribution >= 4 is 11.6 Å². The maximum atomic E-state index is 5.98. The molecule has 58 valence electrons. The molecule has 1 aromatic rings. The lowest BCUT2D eigenvalue weighted by molar-refractivity contribution is 0.337. The van der Waals surface area contributed by atoms with Crippen molar-refractivity contribution in [3.05, 3.63) is 28.8 Å². The Morgan fingerprint density at radius 1 is 1.55 bits per heavy atom. The minimum absolute atomic E-state index is 0.443. The second-order valence-corrected chi connectivity index (χ2v) is 3.27. The zero-order valence-electron chi connectivity index (χ0n) is 6.30. The molecule has 0 N–H and O–H groups in total. The van der Waals surface area contributed by atoms with Gasteiger partial charge in [0, 0.05) is 16.5 Å². The number of rotatable bonds is 0. The van der Waals surface area contributed by atoms with E-state index in [2.05, 4.69) is 6.92 Å². The van der Waals surface area contributed by atoms with Gasteiger partial charge in [-0.1, -0.05) is 24.6 Å². The van der Waals surface area contributed by atoms with E-state index in [1.54, 1.807) is 0 Å². The molecule has 1 atom stereocenters. The van der Waals surface area contributed by atoms with Crippen molar-refractivity contribution in [3.63, 3.8) is 0 Å². The summed E-state index contributed by atoms with van der Waals surface area (Å²) in [5.41, 5.74) is 1.16. The number of ether oxygens (including phenoxy) is 1. The molecule has 0 amide bonds. The second kappa shape index (κ2) is 2.42. The largest absolute Gasteiger partial charge is 0.493 e. The van der Waals surface area contributed by atoms with Crippen molar-refractivity contribution in [2.75, 3.05) is 6.61 Å². The third-order valence-electron chi connectivity index (χ3n) is 1.99. The number of benzene rings is 1. The van der Waals surface area contributed by atoms with Gasteiger partial charge in [0.15, 0.2) is 0 Å².